The van der Waals surface area contributed by atoms with Crippen molar-refractivity contribution >= 4 is 5.97 Å². The minimum Gasteiger partial charge on any atom is -0.425 e. The fraction of sp³-hybridized carbons (Fsp3) is 0.615. The fourth-order valence-electron chi connectivity index (χ4n) is 7.29. The standard InChI is InChI=1S/C39H54O2/c1-3-5-6-7-10-17-32-23-25-33(26-24-32)34-27-29-35(30-28-34)37-20-15-21-38(36(37)4-2)41-39(40)22-12-9-8-11-16-31-18-13-14-19-31/h2,15,20-21,27-33H,3,5-14,16-19,22-26H2,1H3. The van der Waals surface area contributed by atoms with Crippen LogP contribution in [0.15, 0.2) is 42.5 Å². The van der Waals surface area contributed by atoms with Crippen molar-refractivity contribution in [2.24, 2.45) is 11.8 Å². The van der Waals surface area contributed by atoms with Gasteiger partial charge in [0, 0.05) is 12.0 Å². The summed E-state index contributed by atoms with van der Waals surface area (Å²) in [5.41, 5.74) is 4.17. The van der Waals surface area contributed by atoms with E-state index in [1.54, 1.807) is 0 Å². The SMILES string of the molecule is C#Cc1c(OC(=O)CCCCCCC2CCCC2)cccc1-c1ccc(C2CCC(CCCCCCC)CC2)cc1. The largest absolute Gasteiger partial charge is 0.425 e. The summed E-state index contributed by atoms with van der Waals surface area (Å²) in [7, 11) is 0. The van der Waals surface area contributed by atoms with Crippen LogP contribution in [0.3, 0.4) is 0 Å². The van der Waals surface area contributed by atoms with Crippen molar-refractivity contribution in [1.82, 2.24) is 0 Å². The number of carbonyl (C=O) groups is 1. The molecule has 2 aromatic carbocycles. The van der Waals surface area contributed by atoms with Gasteiger partial charge in [0.05, 0.1) is 5.56 Å². The molecule has 2 fully saturated rings. The molecule has 41 heavy (non-hydrogen) atoms. The highest BCUT2D eigenvalue weighted by atomic mass is 16.5. The summed E-state index contributed by atoms with van der Waals surface area (Å²) < 4.78 is 5.78. The predicted octanol–water partition coefficient (Wildman–Crippen LogP) is 11.4. The second-order valence-electron chi connectivity index (χ2n) is 12.9. The van der Waals surface area contributed by atoms with Gasteiger partial charge in [0.1, 0.15) is 5.75 Å². The van der Waals surface area contributed by atoms with E-state index < -0.39 is 0 Å². The first-order valence-electron chi connectivity index (χ1n) is 17.1. The number of esters is 1. The molecule has 0 radical (unpaired) electrons. The molecule has 4 rings (SSSR count). The lowest BCUT2D eigenvalue weighted by molar-refractivity contribution is -0.134. The number of hydrogen-bond donors (Lipinski definition) is 0. The Morgan fingerprint density at radius 1 is 0.780 bits per heavy atom. The lowest BCUT2D eigenvalue weighted by atomic mass is 9.77. The van der Waals surface area contributed by atoms with Crippen LogP contribution in [0.5, 0.6) is 5.75 Å². The van der Waals surface area contributed by atoms with Crippen molar-refractivity contribution in [2.75, 3.05) is 0 Å². The van der Waals surface area contributed by atoms with Crippen LogP contribution in [0.2, 0.25) is 0 Å². The Bertz CT molecular complexity index is 1080. The number of terminal acetylenes is 1. The number of ether oxygens (including phenoxy) is 1. The van der Waals surface area contributed by atoms with Gasteiger partial charge in [0.2, 0.25) is 0 Å². The molecule has 0 saturated heterocycles. The average Bonchev–Trinajstić information content (AvgIpc) is 3.53. The molecular weight excluding hydrogens is 500 g/mol. The summed E-state index contributed by atoms with van der Waals surface area (Å²) in [6, 6.07) is 14.8. The molecule has 2 heteroatoms. The third-order valence-corrected chi connectivity index (χ3v) is 9.87. The van der Waals surface area contributed by atoms with Crippen LogP contribution in [0.1, 0.15) is 152 Å². The number of benzene rings is 2. The van der Waals surface area contributed by atoms with Crippen LogP contribution in [0.25, 0.3) is 11.1 Å². The molecule has 2 saturated carbocycles. The zero-order chi connectivity index (χ0) is 28.7. The molecular formula is C39H54O2. The highest BCUT2D eigenvalue weighted by molar-refractivity contribution is 5.78. The Labute approximate surface area is 251 Å². The Morgan fingerprint density at radius 2 is 1.41 bits per heavy atom. The van der Waals surface area contributed by atoms with E-state index in [2.05, 4.69) is 37.1 Å². The van der Waals surface area contributed by atoms with Gasteiger partial charge in [-0.15, -0.1) is 6.42 Å². The van der Waals surface area contributed by atoms with Crippen LogP contribution in [0, 0.1) is 24.2 Å². The summed E-state index contributed by atoms with van der Waals surface area (Å²) in [5.74, 6) is 5.70. The van der Waals surface area contributed by atoms with Crippen molar-refractivity contribution in [3.8, 4) is 29.2 Å². The smallest absolute Gasteiger partial charge is 0.311 e. The summed E-state index contributed by atoms with van der Waals surface area (Å²) in [6.45, 7) is 2.29. The monoisotopic (exact) mass is 554 g/mol. The molecule has 0 atom stereocenters. The van der Waals surface area contributed by atoms with Crippen LogP contribution in [-0.4, -0.2) is 5.97 Å². The number of unbranched alkanes of at least 4 members (excludes halogenated alkanes) is 7. The number of hydrogen-bond acceptors (Lipinski definition) is 2. The zero-order valence-electron chi connectivity index (χ0n) is 25.8. The maximum Gasteiger partial charge on any atom is 0.311 e. The van der Waals surface area contributed by atoms with E-state index in [9.17, 15) is 4.79 Å². The Morgan fingerprint density at radius 3 is 2.07 bits per heavy atom. The molecule has 0 spiro atoms. The summed E-state index contributed by atoms with van der Waals surface area (Å²) in [6.07, 6.45) is 31.7. The first kappa shape index (κ1) is 31.4. The Kier molecular flexibility index (Phi) is 13.4. The predicted molar refractivity (Wildman–Crippen MR) is 173 cm³/mol. The van der Waals surface area contributed by atoms with Crippen molar-refractivity contribution in [3.05, 3.63) is 53.6 Å². The van der Waals surface area contributed by atoms with Gasteiger partial charge in [-0.3, -0.25) is 4.79 Å². The molecule has 0 aliphatic heterocycles. The Hall–Kier alpha value is -2.53. The molecule has 0 amide bonds. The minimum absolute atomic E-state index is 0.179. The molecule has 0 heterocycles. The number of carbonyl (C=O) groups excluding carboxylic acids is 1. The van der Waals surface area contributed by atoms with E-state index in [-0.39, 0.29) is 5.97 Å². The van der Waals surface area contributed by atoms with Crippen LogP contribution in [0.4, 0.5) is 0 Å². The van der Waals surface area contributed by atoms with E-state index >= 15 is 0 Å². The fourth-order valence-corrected chi connectivity index (χ4v) is 7.29. The van der Waals surface area contributed by atoms with Gasteiger partial charge in [0.25, 0.3) is 0 Å². The van der Waals surface area contributed by atoms with Gasteiger partial charge < -0.3 is 4.74 Å². The highest BCUT2D eigenvalue weighted by Crippen LogP contribution is 2.39. The average molecular weight is 555 g/mol. The lowest BCUT2D eigenvalue weighted by Gasteiger charge is -2.29. The van der Waals surface area contributed by atoms with Gasteiger partial charge in [-0.05, 0) is 67.1 Å². The van der Waals surface area contributed by atoms with Gasteiger partial charge >= 0.3 is 5.97 Å². The van der Waals surface area contributed by atoms with Gasteiger partial charge in [0.15, 0.2) is 0 Å². The topological polar surface area (TPSA) is 26.3 Å². The van der Waals surface area contributed by atoms with Crippen LogP contribution < -0.4 is 4.74 Å². The summed E-state index contributed by atoms with van der Waals surface area (Å²) in [4.78, 5) is 12.6. The third kappa shape index (κ3) is 10.1. The van der Waals surface area contributed by atoms with Crippen molar-refractivity contribution in [2.45, 2.75) is 141 Å². The minimum atomic E-state index is -0.179. The molecule has 222 valence electrons. The molecule has 0 unspecified atom stereocenters. The van der Waals surface area contributed by atoms with Crippen LogP contribution in [-0.2, 0) is 4.79 Å². The third-order valence-electron chi connectivity index (χ3n) is 9.87. The van der Waals surface area contributed by atoms with Crippen molar-refractivity contribution < 1.29 is 9.53 Å². The Balaban J connectivity index is 1.23. The summed E-state index contributed by atoms with van der Waals surface area (Å²) in [5, 5.41) is 0. The molecule has 0 N–H and O–H groups in total. The summed E-state index contributed by atoms with van der Waals surface area (Å²) >= 11 is 0. The molecule has 0 bridgehead atoms. The normalized spacial score (nSPS) is 19.2. The molecule has 2 nitrogen and oxygen atoms in total. The number of rotatable bonds is 16. The van der Waals surface area contributed by atoms with Gasteiger partial charge in [-0.1, -0.05) is 139 Å². The molecule has 0 aromatic heterocycles. The zero-order valence-corrected chi connectivity index (χ0v) is 25.8. The highest BCUT2D eigenvalue weighted by Gasteiger charge is 2.22. The van der Waals surface area contributed by atoms with E-state index in [4.69, 9.17) is 11.2 Å². The van der Waals surface area contributed by atoms with Gasteiger partial charge in [-0.25, -0.2) is 0 Å². The maximum absolute atomic E-state index is 12.6. The second-order valence-corrected chi connectivity index (χ2v) is 12.9. The van der Waals surface area contributed by atoms with E-state index in [1.165, 1.54) is 115 Å². The van der Waals surface area contributed by atoms with E-state index in [1.807, 2.05) is 18.2 Å². The first-order valence-corrected chi connectivity index (χ1v) is 17.1. The molecule has 2 aromatic rings. The van der Waals surface area contributed by atoms with Crippen molar-refractivity contribution in [3.63, 3.8) is 0 Å². The maximum atomic E-state index is 12.6. The van der Waals surface area contributed by atoms with E-state index in [0.29, 0.717) is 23.7 Å². The first-order chi connectivity index (χ1) is 20.2. The van der Waals surface area contributed by atoms with Crippen LogP contribution >= 0.6 is 0 Å². The second kappa shape index (κ2) is 17.4. The van der Waals surface area contributed by atoms with E-state index in [0.717, 1.165) is 35.8 Å². The molecule has 2 aliphatic carbocycles. The lowest BCUT2D eigenvalue weighted by Crippen LogP contribution is -2.13. The quantitative estimate of drug-likeness (QED) is 0.0892. The van der Waals surface area contributed by atoms with Gasteiger partial charge in [-0.2, -0.15) is 0 Å². The van der Waals surface area contributed by atoms with Crippen molar-refractivity contribution in [1.29, 1.82) is 0 Å². The molecule has 2 aliphatic rings.